The van der Waals surface area contributed by atoms with Crippen LogP contribution in [0, 0.1) is 0 Å². The number of hydrogen-bond donors (Lipinski definition) is 2. The molecule has 178 valence electrons. The average Bonchev–Trinajstić information content (AvgIpc) is 2.84. The van der Waals surface area contributed by atoms with Crippen LogP contribution in [0.4, 0.5) is 5.82 Å². The Kier molecular flexibility index (Phi) is 8.01. The number of piperidine rings is 1. The van der Waals surface area contributed by atoms with Crippen molar-refractivity contribution in [2.75, 3.05) is 30.3 Å². The van der Waals surface area contributed by atoms with Crippen molar-refractivity contribution in [3.63, 3.8) is 0 Å². The summed E-state index contributed by atoms with van der Waals surface area (Å²) in [6, 6.07) is 16.1. The van der Waals surface area contributed by atoms with E-state index in [0.717, 1.165) is 37.1 Å². The van der Waals surface area contributed by atoms with Gasteiger partial charge in [-0.15, -0.1) is 0 Å². The number of pyridine rings is 1. The largest absolute Gasteiger partial charge is 0.498 e. The van der Waals surface area contributed by atoms with Crippen LogP contribution in [0.2, 0.25) is 0 Å². The maximum atomic E-state index is 12.3. The number of hydrogen-bond acceptors (Lipinski definition) is 6. The first-order chi connectivity index (χ1) is 16.0. The van der Waals surface area contributed by atoms with E-state index in [1.54, 1.807) is 12.5 Å². The summed E-state index contributed by atoms with van der Waals surface area (Å²) in [7, 11) is -3.56. The van der Waals surface area contributed by atoms with E-state index in [0.29, 0.717) is 25.4 Å². The van der Waals surface area contributed by atoms with Crippen LogP contribution in [0.25, 0.3) is 0 Å². The Morgan fingerprint density at radius 1 is 1.06 bits per heavy atom. The van der Waals surface area contributed by atoms with Gasteiger partial charge >= 0.3 is 0 Å². The molecular weight excluding hydrogens is 438 g/mol. The number of benzene rings is 1. The predicted molar refractivity (Wildman–Crippen MR) is 129 cm³/mol. The van der Waals surface area contributed by atoms with E-state index in [1.807, 2.05) is 24.3 Å². The van der Waals surface area contributed by atoms with Crippen LogP contribution in [-0.4, -0.2) is 56.1 Å². The normalized spacial score (nSPS) is 25.2. The van der Waals surface area contributed by atoms with E-state index in [1.165, 1.54) is 5.56 Å². The SMILES string of the molecule is O=S(=O)(CCO)NC1CCN(c2ccccn2)C/C1=C\OC1CCC(c2ccccc2)CC1. The molecule has 1 aliphatic carbocycles. The highest BCUT2D eigenvalue weighted by molar-refractivity contribution is 7.89. The van der Waals surface area contributed by atoms with E-state index < -0.39 is 16.6 Å². The maximum absolute atomic E-state index is 12.3. The van der Waals surface area contributed by atoms with E-state index in [2.05, 4.69) is 38.9 Å². The first kappa shape index (κ1) is 23.7. The molecule has 1 atom stereocenters. The van der Waals surface area contributed by atoms with Gasteiger partial charge in [-0.2, -0.15) is 0 Å². The van der Waals surface area contributed by atoms with Crippen LogP contribution in [0.15, 0.2) is 66.6 Å². The molecule has 0 amide bonds. The van der Waals surface area contributed by atoms with Crippen molar-refractivity contribution in [2.24, 2.45) is 0 Å². The van der Waals surface area contributed by atoms with E-state index in [9.17, 15) is 8.42 Å². The Labute approximate surface area is 196 Å². The molecule has 0 spiro atoms. The Bertz CT molecular complexity index is 1010. The number of nitrogens with zero attached hydrogens (tertiary/aromatic N) is 2. The van der Waals surface area contributed by atoms with Crippen LogP contribution < -0.4 is 9.62 Å². The molecule has 1 aliphatic heterocycles. The van der Waals surface area contributed by atoms with Crippen LogP contribution >= 0.6 is 0 Å². The van der Waals surface area contributed by atoms with Crippen LogP contribution in [0.5, 0.6) is 0 Å². The van der Waals surface area contributed by atoms with E-state index in [-0.39, 0.29) is 17.9 Å². The smallest absolute Gasteiger partial charge is 0.214 e. The van der Waals surface area contributed by atoms with Gasteiger partial charge in [-0.25, -0.2) is 18.1 Å². The average molecular weight is 472 g/mol. The third-order valence-electron chi connectivity index (χ3n) is 6.52. The van der Waals surface area contributed by atoms with Gasteiger partial charge in [0.25, 0.3) is 0 Å². The van der Waals surface area contributed by atoms with Gasteiger partial charge in [0.15, 0.2) is 0 Å². The second-order valence-corrected chi connectivity index (χ2v) is 10.7. The number of aliphatic hydroxyl groups is 1. The lowest BCUT2D eigenvalue weighted by Crippen LogP contribution is -2.47. The molecule has 2 fully saturated rings. The highest BCUT2D eigenvalue weighted by atomic mass is 32.2. The summed E-state index contributed by atoms with van der Waals surface area (Å²) in [6.07, 6.45) is 8.41. The minimum Gasteiger partial charge on any atom is -0.498 e. The van der Waals surface area contributed by atoms with Crippen molar-refractivity contribution in [1.82, 2.24) is 9.71 Å². The molecule has 8 heteroatoms. The van der Waals surface area contributed by atoms with Crippen molar-refractivity contribution in [1.29, 1.82) is 0 Å². The molecule has 1 saturated carbocycles. The highest BCUT2D eigenvalue weighted by Crippen LogP contribution is 2.34. The molecule has 1 unspecified atom stereocenters. The molecule has 1 aromatic carbocycles. The number of aromatic nitrogens is 1. The third kappa shape index (κ3) is 6.56. The number of rotatable bonds is 8. The van der Waals surface area contributed by atoms with Gasteiger partial charge in [-0.1, -0.05) is 36.4 Å². The van der Waals surface area contributed by atoms with Gasteiger partial charge in [0.1, 0.15) is 5.82 Å². The highest BCUT2D eigenvalue weighted by Gasteiger charge is 2.29. The molecule has 33 heavy (non-hydrogen) atoms. The first-order valence-corrected chi connectivity index (χ1v) is 13.4. The molecule has 2 N–H and O–H groups in total. The van der Waals surface area contributed by atoms with Crippen LogP contribution in [-0.2, 0) is 14.8 Å². The number of aliphatic hydroxyl groups excluding tert-OH is 1. The summed E-state index contributed by atoms with van der Waals surface area (Å²) in [5.41, 5.74) is 2.28. The summed E-state index contributed by atoms with van der Waals surface area (Å²) < 4.78 is 33.6. The first-order valence-electron chi connectivity index (χ1n) is 11.7. The zero-order valence-electron chi connectivity index (χ0n) is 18.8. The summed E-state index contributed by atoms with van der Waals surface area (Å²) >= 11 is 0. The fraction of sp³-hybridized carbons (Fsp3) is 0.480. The molecule has 2 heterocycles. The summed E-state index contributed by atoms with van der Waals surface area (Å²) in [4.78, 5) is 6.58. The Morgan fingerprint density at radius 2 is 1.82 bits per heavy atom. The minimum atomic E-state index is -3.56. The van der Waals surface area contributed by atoms with Crippen molar-refractivity contribution in [3.05, 3.63) is 72.1 Å². The number of anilines is 1. The second-order valence-electron chi connectivity index (χ2n) is 8.82. The van der Waals surface area contributed by atoms with Gasteiger partial charge < -0.3 is 14.7 Å². The van der Waals surface area contributed by atoms with E-state index >= 15 is 0 Å². The van der Waals surface area contributed by atoms with Crippen molar-refractivity contribution < 1.29 is 18.3 Å². The number of ether oxygens (including phenoxy) is 1. The third-order valence-corrected chi connectivity index (χ3v) is 7.88. The van der Waals surface area contributed by atoms with Crippen molar-refractivity contribution in [2.45, 2.75) is 50.2 Å². The van der Waals surface area contributed by atoms with Gasteiger partial charge in [-0.3, -0.25) is 0 Å². The van der Waals surface area contributed by atoms with Gasteiger partial charge in [0.2, 0.25) is 10.0 Å². The topological polar surface area (TPSA) is 91.8 Å². The van der Waals surface area contributed by atoms with Gasteiger partial charge in [0.05, 0.1) is 24.7 Å². The maximum Gasteiger partial charge on any atom is 0.214 e. The predicted octanol–water partition coefficient (Wildman–Crippen LogP) is 3.20. The van der Waals surface area contributed by atoms with Crippen molar-refractivity contribution in [3.8, 4) is 0 Å². The molecule has 4 rings (SSSR count). The van der Waals surface area contributed by atoms with Crippen LogP contribution in [0.1, 0.15) is 43.6 Å². The summed E-state index contributed by atoms with van der Waals surface area (Å²) in [6.45, 7) is 0.827. The lowest BCUT2D eigenvalue weighted by Gasteiger charge is -2.35. The van der Waals surface area contributed by atoms with E-state index in [4.69, 9.17) is 9.84 Å². The molecule has 1 aromatic heterocycles. The lowest BCUT2D eigenvalue weighted by molar-refractivity contribution is 0.0969. The Balaban J connectivity index is 1.42. The standard InChI is InChI=1S/C25H33N3O4S/c29-16-17-33(30,31)27-24-13-15-28(25-8-4-5-14-26-25)18-22(24)19-32-23-11-9-21(10-12-23)20-6-2-1-3-7-20/h1-8,14,19,21,23-24,27,29H,9-13,15-18H2/b22-19+. The quantitative estimate of drug-likeness (QED) is 0.575. The van der Waals surface area contributed by atoms with Gasteiger partial charge in [0, 0.05) is 30.9 Å². The Hall–Kier alpha value is -2.42. The second kappa shape index (κ2) is 11.1. The zero-order valence-corrected chi connectivity index (χ0v) is 19.7. The number of nitrogens with one attached hydrogen (secondary N) is 1. The summed E-state index contributed by atoms with van der Waals surface area (Å²) in [5, 5.41) is 9.09. The minimum absolute atomic E-state index is 0.136. The molecule has 2 aromatic rings. The fourth-order valence-electron chi connectivity index (χ4n) is 4.71. The number of sulfonamides is 1. The van der Waals surface area contributed by atoms with Crippen molar-refractivity contribution >= 4 is 15.8 Å². The van der Waals surface area contributed by atoms with Gasteiger partial charge in [-0.05, 0) is 55.7 Å². The molecule has 0 bridgehead atoms. The molecule has 7 nitrogen and oxygen atoms in total. The molecule has 2 aliphatic rings. The molecular formula is C25H33N3O4S. The molecule has 0 radical (unpaired) electrons. The summed E-state index contributed by atoms with van der Waals surface area (Å²) in [5.74, 6) is 1.14. The fourth-order valence-corrected chi connectivity index (χ4v) is 5.77. The Morgan fingerprint density at radius 3 is 2.52 bits per heavy atom. The zero-order chi connectivity index (χ0) is 23.1. The monoisotopic (exact) mass is 471 g/mol. The lowest BCUT2D eigenvalue weighted by atomic mass is 9.83. The molecule has 1 saturated heterocycles. The van der Waals surface area contributed by atoms with Crippen LogP contribution in [0.3, 0.4) is 0 Å².